The fourth-order valence-electron chi connectivity index (χ4n) is 1.55. The number of aromatic nitrogens is 4. The lowest BCUT2D eigenvalue weighted by Gasteiger charge is -1.99. The second kappa shape index (κ2) is 2.41. The molecule has 3 heterocycles. The molecular weight excluding hydrogens is 178 g/mol. The summed E-state index contributed by atoms with van der Waals surface area (Å²) in [6.45, 7) is 0. The number of hydrogen-bond donors (Lipinski definition) is 2. The van der Waals surface area contributed by atoms with Crippen molar-refractivity contribution in [3.8, 4) is 0 Å². The first kappa shape index (κ1) is 7.25. The number of nitrogen functional groups attached to an aromatic ring is 1. The van der Waals surface area contributed by atoms with Gasteiger partial charge in [-0.2, -0.15) is 0 Å². The number of rotatable bonds is 0. The number of pyridine rings is 2. The molecule has 0 fully saturated rings. The van der Waals surface area contributed by atoms with Gasteiger partial charge in [0.25, 0.3) is 0 Å². The van der Waals surface area contributed by atoms with Gasteiger partial charge in [-0.05, 0) is 6.07 Å². The van der Waals surface area contributed by atoms with Crippen molar-refractivity contribution in [3.63, 3.8) is 0 Å². The maximum atomic E-state index is 5.76. The fraction of sp³-hybridized carbons (Fsp3) is 0. The van der Waals surface area contributed by atoms with Crippen molar-refractivity contribution in [3.05, 3.63) is 24.8 Å². The molecule has 0 bridgehead atoms. The highest BCUT2D eigenvalue weighted by Gasteiger charge is 2.07. The van der Waals surface area contributed by atoms with Crippen molar-refractivity contribution in [1.29, 1.82) is 0 Å². The molecule has 0 saturated heterocycles. The van der Waals surface area contributed by atoms with Gasteiger partial charge in [0.2, 0.25) is 0 Å². The number of aromatic amines is 1. The van der Waals surface area contributed by atoms with Crippen LogP contribution in [0.15, 0.2) is 24.8 Å². The zero-order valence-electron chi connectivity index (χ0n) is 7.23. The van der Waals surface area contributed by atoms with Gasteiger partial charge >= 0.3 is 0 Å². The standard InChI is InChI=1S/C9H7N5/c10-9-8-7(12-4-13-8)5-1-2-11-3-6(5)14-9/h1-4H,(H2,10,14)(H,12,13). The summed E-state index contributed by atoms with van der Waals surface area (Å²) in [7, 11) is 0. The minimum absolute atomic E-state index is 0.456. The molecule has 0 aliphatic carbocycles. The average molecular weight is 185 g/mol. The van der Waals surface area contributed by atoms with Gasteiger partial charge in [0, 0.05) is 11.6 Å². The lowest BCUT2D eigenvalue weighted by Crippen LogP contribution is -1.93. The van der Waals surface area contributed by atoms with E-state index in [1.807, 2.05) is 6.07 Å². The molecule has 0 atom stereocenters. The molecule has 14 heavy (non-hydrogen) atoms. The summed E-state index contributed by atoms with van der Waals surface area (Å²) >= 11 is 0. The maximum absolute atomic E-state index is 5.76. The third kappa shape index (κ3) is 0.806. The van der Waals surface area contributed by atoms with Crippen molar-refractivity contribution < 1.29 is 0 Å². The Morgan fingerprint density at radius 3 is 3.21 bits per heavy atom. The van der Waals surface area contributed by atoms with E-state index in [1.54, 1.807) is 18.7 Å². The van der Waals surface area contributed by atoms with E-state index in [2.05, 4.69) is 19.9 Å². The highest BCUT2D eigenvalue weighted by molar-refractivity contribution is 6.05. The van der Waals surface area contributed by atoms with Gasteiger partial charge in [-0.15, -0.1) is 0 Å². The van der Waals surface area contributed by atoms with E-state index in [1.165, 1.54) is 0 Å². The van der Waals surface area contributed by atoms with E-state index in [-0.39, 0.29) is 0 Å². The van der Waals surface area contributed by atoms with E-state index in [0.29, 0.717) is 5.82 Å². The lowest BCUT2D eigenvalue weighted by atomic mass is 10.2. The summed E-state index contributed by atoms with van der Waals surface area (Å²) in [4.78, 5) is 15.4. The first-order valence-electron chi connectivity index (χ1n) is 4.18. The van der Waals surface area contributed by atoms with Crippen LogP contribution in [0, 0.1) is 0 Å². The molecule has 3 N–H and O–H groups in total. The first-order chi connectivity index (χ1) is 6.86. The van der Waals surface area contributed by atoms with Crippen molar-refractivity contribution in [2.24, 2.45) is 0 Å². The highest BCUT2D eigenvalue weighted by Crippen LogP contribution is 2.23. The third-order valence-electron chi connectivity index (χ3n) is 2.19. The zero-order chi connectivity index (χ0) is 9.54. The van der Waals surface area contributed by atoms with Crippen LogP contribution in [-0.2, 0) is 0 Å². The highest BCUT2D eigenvalue weighted by atomic mass is 14.9. The fourth-order valence-corrected chi connectivity index (χ4v) is 1.55. The van der Waals surface area contributed by atoms with E-state index in [0.717, 1.165) is 21.9 Å². The monoisotopic (exact) mass is 185 g/mol. The molecule has 68 valence electrons. The maximum Gasteiger partial charge on any atom is 0.150 e. The van der Waals surface area contributed by atoms with Gasteiger partial charge in [-0.1, -0.05) is 0 Å². The van der Waals surface area contributed by atoms with Crippen LogP contribution >= 0.6 is 0 Å². The summed E-state index contributed by atoms with van der Waals surface area (Å²) in [5.74, 6) is 0.456. The van der Waals surface area contributed by atoms with E-state index < -0.39 is 0 Å². The number of anilines is 1. The summed E-state index contributed by atoms with van der Waals surface area (Å²) < 4.78 is 0. The van der Waals surface area contributed by atoms with Crippen molar-refractivity contribution >= 4 is 27.8 Å². The van der Waals surface area contributed by atoms with Crippen LogP contribution in [0.4, 0.5) is 5.82 Å². The summed E-state index contributed by atoms with van der Waals surface area (Å²) in [5.41, 5.74) is 8.15. The molecule has 3 aromatic rings. The van der Waals surface area contributed by atoms with Crippen LogP contribution in [0.2, 0.25) is 0 Å². The van der Waals surface area contributed by atoms with Crippen molar-refractivity contribution in [2.45, 2.75) is 0 Å². The summed E-state index contributed by atoms with van der Waals surface area (Å²) in [6.07, 6.45) is 5.01. The van der Waals surface area contributed by atoms with Gasteiger partial charge in [0.05, 0.1) is 18.0 Å². The Morgan fingerprint density at radius 1 is 1.36 bits per heavy atom. The number of fused-ring (bicyclic) bond motifs is 3. The summed E-state index contributed by atoms with van der Waals surface area (Å²) in [5, 5.41) is 0.963. The Hall–Kier alpha value is -2.17. The van der Waals surface area contributed by atoms with E-state index in [4.69, 9.17) is 5.73 Å². The molecule has 0 aliphatic rings. The molecule has 3 aromatic heterocycles. The quantitative estimate of drug-likeness (QED) is 0.549. The van der Waals surface area contributed by atoms with E-state index >= 15 is 0 Å². The molecule has 5 heteroatoms. The van der Waals surface area contributed by atoms with Gasteiger partial charge in [-0.3, -0.25) is 4.98 Å². The van der Waals surface area contributed by atoms with Crippen molar-refractivity contribution in [2.75, 3.05) is 5.73 Å². The van der Waals surface area contributed by atoms with Crippen LogP contribution in [-0.4, -0.2) is 19.9 Å². The van der Waals surface area contributed by atoms with Crippen LogP contribution in [0.25, 0.3) is 21.9 Å². The molecule has 0 saturated carbocycles. The predicted molar refractivity (Wildman–Crippen MR) is 53.6 cm³/mol. The van der Waals surface area contributed by atoms with Crippen LogP contribution in [0.5, 0.6) is 0 Å². The Bertz CT molecular complexity index is 613. The van der Waals surface area contributed by atoms with Gasteiger partial charge in [-0.25, -0.2) is 9.97 Å². The molecule has 0 aromatic carbocycles. The Labute approximate surface area is 79.0 Å². The minimum Gasteiger partial charge on any atom is -0.382 e. The normalized spacial score (nSPS) is 11.1. The second-order valence-corrected chi connectivity index (χ2v) is 3.02. The second-order valence-electron chi connectivity index (χ2n) is 3.02. The third-order valence-corrected chi connectivity index (χ3v) is 2.19. The molecule has 0 amide bonds. The molecule has 0 radical (unpaired) electrons. The smallest absolute Gasteiger partial charge is 0.150 e. The number of nitrogens with two attached hydrogens (primary N) is 1. The predicted octanol–water partition coefficient (Wildman–Crippen LogP) is 1.09. The first-order valence-corrected chi connectivity index (χ1v) is 4.18. The number of imidazole rings is 1. The van der Waals surface area contributed by atoms with Crippen LogP contribution < -0.4 is 5.73 Å². The van der Waals surface area contributed by atoms with E-state index in [9.17, 15) is 0 Å². The van der Waals surface area contributed by atoms with Gasteiger partial charge < -0.3 is 10.7 Å². The van der Waals surface area contributed by atoms with Crippen molar-refractivity contribution in [1.82, 2.24) is 19.9 Å². The summed E-state index contributed by atoms with van der Waals surface area (Å²) in [6, 6.07) is 1.88. The SMILES string of the molecule is Nc1nc2cnccc2c2nc[nH]c12. The Balaban J connectivity index is 2.66. The van der Waals surface area contributed by atoms with Crippen LogP contribution in [0.1, 0.15) is 0 Å². The molecular formula is C9H7N5. The molecule has 0 spiro atoms. The number of nitrogens with one attached hydrogen (secondary N) is 1. The molecule has 5 nitrogen and oxygen atoms in total. The number of nitrogens with zero attached hydrogens (tertiary/aromatic N) is 3. The lowest BCUT2D eigenvalue weighted by molar-refractivity contribution is 1.32. The minimum atomic E-state index is 0.456. The zero-order valence-corrected chi connectivity index (χ0v) is 7.23. The average Bonchev–Trinajstić information content (AvgIpc) is 2.67. The Kier molecular flexibility index (Phi) is 1.25. The molecule has 0 unspecified atom stereocenters. The number of H-pyrrole nitrogens is 1. The topological polar surface area (TPSA) is 80.5 Å². The van der Waals surface area contributed by atoms with Gasteiger partial charge in [0.1, 0.15) is 16.9 Å². The molecule has 0 aliphatic heterocycles. The number of hydrogen-bond acceptors (Lipinski definition) is 4. The largest absolute Gasteiger partial charge is 0.382 e. The molecule has 3 rings (SSSR count). The Morgan fingerprint density at radius 2 is 2.29 bits per heavy atom. The van der Waals surface area contributed by atoms with Gasteiger partial charge in [0.15, 0.2) is 0 Å². The van der Waals surface area contributed by atoms with Crippen LogP contribution in [0.3, 0.4) is 0 Å².